The van der Waals surface area contributed by atoms with Gasteiger partial charge in [-0.25, -0.2) is 9.37 Å². The maximum atomic E-state index is 13.2. The van der Waals surface area contributed by atoms with Gasteiger partial charge in [-0.1, -0.05) is 18.2 Å². The van der Waals surface area contributed by atoms with Crippen LogP contribution in [0.2, 0.25) is 0 Å². The summed E-state index contributed by atoms with van der Waals surface area (Å²) >= 11 is 0. The predicted octanol–water partition coefficient (Wildman–Crippen LogP) is 2.06. The van der Waals surface area contributed by atoms with Crippen LogP contribution in [0.4, 0.5) is 10.2 Å². The molecule has 0 saturated carbocycles. The van der Waals surface area contributed by atoms with Crippen molar-refractivity contribution in [2.24, 2.45) is 0 Å². The van der Waals surface area contributed by atoms with Crippen molar-refractivity contribution >= 4 is 11.7 Å². The number of benzene rings is 1. The molecule has 0 fully saturated rings. The van der Waals surface area contributed by atoms with Crippen LogP contribution in [0.3, 0.4) is 0 Å². The van der Waals surface area contributed by atoms with Crippen molar-refractivity contribution in [3.63, 3.8) is 0 Å². The van der Waals surface area contributed by atoms with Gasteiger partial charge < -0.3 is 10.6 Å². The number of anilines is 1. The van der Waals surface area contributed by atoms with Crippen LogP contribution in [0.5, 0.6) is 0 Å². The number of rotatable bonds is 8. The van der Waals surface area contributed by atoms with Crippen molar-refractivity contribution in [3.05, 3.63) is 88.0 Å². The van der Waals surface area contributed by atoms with Gasteiger partial charge in [-0.3, -0.25) is 19.1 Å². The zero-order valence-electron chi connectivity index (χ0n) is 16.1. The average Bonchev–Trinajstić information content (AvgIpc) is 2.72. The molecular formula is C21H22FN5O2. The molecule has 3 rings (SSSR count). The van der Waals surface area contributed by atoms with E-state index < -0.39 is 0 Å². The minimum atomic E-state index is -0.369. The molecule has 0 unspecified atom stereocenters. The summed E-state index contributed by atoms with van der Waals surface area (Å²) in [5, 5.41) is 5.71. The highest BCUT2D eigenvalue weighted by Crippen LogP contribution is 2.04. The number of nitrogens with zero attached hydrogens (tertiary/aromatic N) is 3. The largest absolute Gasteiger partial charge is 0.365 e. The van der Waals surface area contributed by atoms with E-state index in [1.807, 2.05) is 18.2 Å². The fourth-order valence-corrected chi connectivity index (χ4v) is 2.79. The summed E-state index contributed by atoms with van der Waals surface area (Å²) in [7, 11) is 0. The number of carbonyl (C=O) groups excluding carboxylic acids is 1. The van der Waals surface area contributed by atoms with Gasteiger partial charge in [0.25, 0.3) is 5.56 Å². The molecule has 0 spiro atoms. The molecule has 7 nitrogen and oxygen atoms in total. The van der Waals surface area contributed by atoms with Crippen molar-refractivity contribution in [2.45, 2.75) is 26.4 Å². The lowest BCUT2D eigenvalue weighted by molar-refractivity contribution is -0.121. The number of carbonyl (C=O) groups is 1. The number of hydrogen-bond acceptors (Lipinski definition) is 5. The molecule has 0 aliphatic rings. The number of amides is 1. The fraction of sp³-hybridized carbons (Fsp3) is 0.238. The first-order valence-electron chi connectivity index (χ1n) is 9.24. The normalized spacial score (nSPS) is 10.6. The van der Waals surface area contributed by atoms with E-state index in [9.17, 15) is 14.0 Å². The third-order valence-corrected chi connectivity index (χ3v) is 4.33. The number of halogens is 1. The molecule has 0 radical (unpaired) electrons. The summed E-state index contributed by atoms with van der Waals surface area (Å²) in [4.78, 5) is 33.3. The molecule has 150 valence electrons. The van der Waals surface area contributed by atoms with E-state index in [4.69, 9.17) is 0 Å². The molecule has 0 aliphatic heterocycles. The van der Waals surface area contributed by atoms with Crippen molar-refractivity contribution in [1.29, 1.82) is 0 Å². The molecular weight excluding hydrogens is 373 g/mol. The molecule has 2 aromatic heterocycles. The van der Waals surface area contributed by atoms with E-state index in [1.54, 1.807) is 31.5 Å². The number of nitrogens with one attached hydrogen (secondary N) is 2. The maximum absolute atomic E-state index is 13.2. The Morgan fingerprint density at radius 3 is 2.79 bits per heavy atom. The van der Waals surface area contributed by atoms with Crippen LogP contribution in [0.15, 0.2) is 59.7 Å². The SMILES string of the molecule is Cc1cnc(NCCc2ccccn2)c(=O)n1CC(=O)NCc1cccc(F)c1. The predicted molar refractivity (Wildman–Crippen MR) is 108 cm³/mol. The Bertz CT molecular complexity index is 1040. The topological polar surface area (TPSA) is 88.9 Å². The maximum Gasteiger partial charge on any atom is 0.293 e. The van der Waals surface area contributed by atoms with Gasteiger partial charge in [0.15, 0.2) is 5.82 Å². The zero-order chi connectivity index (χ0) is 20.6. The van der Waals surface area contributed by atoms with Crippen LogP contribution in [0.25, 0.3) is 0 Å². The van der Waals surface area contributed by atoms with Crippen LogP contribution in [0, 0.1) is 12.7 Å². The first kappa shape index (κ1) is 20.2. The lowest BCUT2D eigenvalue weighted by Crippen LogP contribution is -2.34. The summed E-state index contributed by atoms with van der Waals surface area (Å²) in [6.07, 6.45) is 3.91. The second-order valence-corrected chi connectivity index (χ2v) is 6.54. The summed E-state index contributed by atoms with van der Waals surface area (Å²) in [5.74, 6) is -0.520. The third-order valence-electron chi connectivity index (χ3n) is 4.33. The van der Waals surface area contributed by atoms with Gasteiger partial charge in [-0.05, 0) is 36.8 Å². The minimum absolute atomic E-state index is 0.141. The highest BCUT2D eigenvalue weighted by atomic mass is 19.1. The molecule has 1 amide bonds. The standard InChI is InChI=1S/C21H22FN5O2/c1-15-12-26-20(24-10-8-18-7-2-3-9-23-18)21(29)27(15)14-19(28)25-13-16-5-4-6-17(22)11-16/h2-7,9,11-12H,8,10,13-14H2,1H3,(H,24,26)(H,25,28). The molecule has 1 aromatic carbocycles. The summed E-state index contributed by atoms with van der Waals surface area (Å²) in [6, 6.07) is 11.7. The number of aryl methyl sites for hydroxylation is 1. The smallest absolute Gasteiger partial charge is 0.293 e. The monoisotopic (exact) mass is 395 g/mol. The van der Waals surface area contributed by atoms with Gasteiger partial charge in [0, 0.05) is 43.3 Å². The highest BCUT2D eigenvalue weighted by Gasteiger charge is 2.11. The highest BCUT2D eigenvalue weighted by molar-refractivity contribution is 5.75. The van der Waals surface area contributed by atoms with Crippen molar-refractivity contribution < 1.29 is 9.18 Å². The molecule has 2 N–H and O–H groups in total. The van der Waals surface area contributed by atoms with E-state index in [0.29, 0.717) is 24.2 Å². The quantitative estimate of drug-likeness (QED) is 0.610. The van der Waals surface area contributed by atoms with Gasteiger partial charge in [-0.2, -0.15) is 0 Å². The molecule has 0 aliphatic carbocycles. The lowest BCUT2D eigenvalue weighted by Gasteiger charge is -2.12. The molecule has 0 saturated heterocycles. The second-order valence-electron chi connectivity index (χ2n) is 6.54. The minimum Gasteiger partial charge on any atom is -0.365 e. The Hall–Kier alpha value is -3.55. The van der Waals surface area contributed by atoms with Crippen molar-refractivity contribution in [2.75, 3.05) is 11.9 Å². The lowest BCUT2D eigenvalue weighted by atomic mass is 10.2. The summed E-state index contributed by atoms with van der Waals surface area (Å²) in [5.41, 5.74) is 1.76. The van der Waals surface area contributed by atoms with E-state index in [-0.39, 0.29) is 36.2 Å². The van der Waals surface area contributed by atoms with E-state index in [2.05, 4.69) is 20.6 Å². The fourth-order valence-electron chi connectivity index (χ4n) is 2.79. The average molecular weight is 395 g/mol. The van der Waals surface area contributed by atoms with E-state index in [0.717, 1.165) is 5.69 Å². The van der Waals surface area contributed by atoms with E-state index >= 15 is 0 Å². The Morgan fingerprint density at radius 2 is 2.03 bits per heavy atom. The van der Waals surface area contributed by atoms with E-state index in [1.165, 1.54) is 16.7 Å². The van der Waals surface area contributed by atoms with Gasteiger partial charge in [0.1, 0.15) is 12.4 Å². The van der Waals surface area contributed by atoms with Gasteiger partial charge in [0.2, 0.25) is 5.91 Å². The molecule has 0 bridgehead atoms. The van der Waals surface area contributed by atoms with Crippen LogP contribution < -0.4 is 16.2 Å². The molecule has 8 heteroatoms. The van der Waals surface area contributed by atoms with Crippen LogP contribution >= 0.6 is 0 Å². The van der Waals surface area contributed by atoms with Crippen LogP contribution in [0.1, 0.15) is 17.0 Å². The number of hydrogen-bond donors (Lipinski definition) is 2. The Labute approximate surface area is 167 Å². The first-order chi connectivity index (χ1) is 14.0. The summed E-state index contributed by atoms with van der Waals surface area (Å²) in [6.45, 7) is 2.25. The zero-order valence-corrected chi connectivity index (χ0v) is 16.1. The van der Waals surface area contributed by atoms with Crippen LogP contribution in [-0.2, 0) is 24.3 Å². The first-order valence-corrected chi connectivity index (χ1v) is 9.24. The summed E-state index contributed by atoms with van der Waals surface area (Å²) < 4.78 is 14.6. The van der Waals surface area contributed by atoms with Gasteiger partial charge in [0.05, 0.1) is 0 Å². The Balaban J connectivity index is 1.60. The molecule has 2 heterocycles. The number of aromatic nitrogens is 3. The Kier molecular flexibility index (Phi) is 6.67. The Morgan fingerprint density at radius 1 is 1.17 bits per heavy atom. The van der Waals surface area contributed by atoms with Crippen molar-refractivity contribution in [3.8, 4) is 0 Å². The molecule has 3 aromatic rings. The van der Waals surface area contributed by atoms with Crippen molar-refractivity contribution in [1.82, 2.24) is 19.9 Å². The number of pyridine rings is 1. The third kappa shape index (κ3) is 5.71. The molecule has 0 atom stereocenters. The molecule has 29 heavy (non-hydrogen) atoms. The van der Waals surface area contributed by atoms with Crippen LogP contribution in [-0.4, -0.2) is 27.0 Å². The van der Waals surface area contributed by atoms with Gasteiger partial charge >= 0.3 is 0 Å². The van der Waals surface area contributed by atoms with Gasteiger partial charge in [-0.15, -0.1) is 0 Å². The second kappa shape index (κ2) is 9.59.